The average molecular weight is 346 g/mol. The van der Waals surface area contributed by atoms with E-state index in [2.05, 4.69) is 10.3 Å². The Morgan fingerprint density at radius 3 is 2.74 bits per heavy atom. The van der Waals surface area contributed by atoms with Crippen LogP contribution in [0.4, 0.5) is 8.78 Å². The summed E-state index contributed by atoms with van der Waals surface area (Å²) in [5.41, 5.74) is 0.980. The van der Waals surface area contributed by atoms with Crippen LogP contribution in [-0.4, -0.2) is 31.1 Å². The molecule has 1 fully saturated rings. The molecule has 132 valence electrons. The first-order valence-electron chi connectivity index (χ1n) is 8.79. The number of alkyl halides is 2. The van der Waals surface area contributed by atoms with E-state index in [9.17, 15) is 8.78 Å². The van der Waals surface area contributed by atoms with E-state index in [1.807, 2.05) is 6.92 Å². The molecule has 0 bridgehead atoms. The van der Waals surface area contributed by atoms with Gasteiger partial charge in [-0.1, -0.05) is 50.4 Å². The van der Waals surface area contributed by atoms with Crippen LogP contribution in [0, 0.1) is 5.92 Å². The highest BCUT2D eigenvalue weighted by molar-refractivity contribution is 7.13. The Kier molecular flexibility index (Phi) is 8.23. The molecule has 1 aliphatic carbocycles. The average Bonchev–Trinajstić information content (AvgIpc) is 2.96. The highest BCUT2D eigenvalue weighted by Gasteiger charge is 2.14. The van der Waals surface area contributed by atoms with Crippen LogP contribution >= 0.6 is 11.3 Å². The summed E-state index contributed by atoms with van der Waals surface area (Å²) in [5.74, 6) is 0.903. The molecule has 0 aliphatic heterocycles. The van der Waals surface area contributed by atoms with Crippen LogP contribution in [0.3, 0.4) is 0 Å². The molecule has 1 aromatic rings. The number of nitrogens with one attached hydrogen (secondary N) is 1. The lowest BCUT2D eigenvalue weighted by Gasteiger charge is -2.21. The van der Waals surface area contributed by atoms with Crippen molar-refractivity contribution in [1.29, 1.82) is 0 Å². The minimum atomic E-state index is -2.45. The fourth-order valence-electron chi connectivity index (χ4n) is 3.14. The van der Waals surface area contributed by atoms with Crippen molar-refractivity contribution in [3.05, 3.63) is 10.6 Å². The van der Waals surface area contributed by atoms with Crippen LogP contribution < -0.4 is 10.1 Å². The standard InChI is InChI=1S/C17H28F2N2OS/c1-2-14-15(23-17(21-14)22-12-16(18)19)9-11-20-10-8-13-6-4-3-5-7-13/h13,16,20H,2-12H2,1H3. The van der Waals surface area contributed by atoms with E-state index in [4.69, 9.17) is 4.74 Å². The Morgan fingerprint density at radius 2 is 2.04 bits per heavy atom. The van der Waals surface area contributed by atoms with Crippen LogP contribution in [0.1, 0.15) is 56.0 Å². The third kappa shape index (κ3) is 6.71. The van der Waals surface area contributed by atoms with Gasteiger partial charge in [-0.05, 0) is 31.7 Å². The first kappa shape index (κ1) is 18.6. The third-order valence-electron chi connectivity index (χ3n) is 4.41. The summed E-state index contributed by atoms with van der Waals surface area (Å²) in [5, 5.41) is 3.88. The minimum absolute atomic E-state index is 0.374. The van der Waals surface area contributed by atoms with Crippen molar-refractivity contribution in [1.82, 2.24) is 10.3 Å². The lowest BCUT2D eigenvalue weighted by molar-refractivity contribution is 0.0817. The number of nitrogens with zero attached hydrogens (tertiary/aromatic N) is 1. The van der Waals surface area contributed by atoms with Gasteiger partial charge in [0.05, 0.1) is 5.69 Å². The monoisotopic (exact) mass is 346 g/mol. The molecule has 2 rings (SSSR count). The topological polar surface area (TPSA) is 34.1 Å². The number of hydrogen-bond donors (Lipinski definition) is 1. The number of aryl methyl sites for hydroxylation is 1. The molecule has 6 heteroatoms. The van der Waals surface area contributed by atoms with Crippen molar-refractivity contribution in [3.8, 4) is 5.19 Å². The largest absolute Gasteiger partial charge is 0.464 e. The molecule has 0 atom stereocenters. The Morgan fingerprint density at radius 1 is 1.26 bits per heavy atom. The van der Waals surface area contributed by atoms with Crippen LogP contribution in [-0.2, 0) is 12.8 Å². The number of thiazole rings is 1. The molecule has 1 heterocycles. The summed E-state index contributed by atoms with van der Waals surface area (Å²) in [4.78, 5) is 5.46. The molecule has 1 saturated carbocycles. The SMILES string of the molecule is CCc1nc(OCC(F)F)sc1CCNCCC1CCCCC1. The van der Waals surface area contributed by atoms with Gasteiger partial charge in [-0.3, -0.25) is 0 Å². The van der Waals surface area contributed by atoms with Crippen molar-refractivity contribution in [2.45, 2.75) is 64.7 Å². The summed E-state index contributed by atoms with van der Waals surface area (Å²) >= 11 is 1.41. The summed E-state index contributed by atoms with van der Waals surface area (Å²) in [6, 6.07) is 0. The van der Waals surface area contributed by atoms with Crippen molar-refractivity contribution >= 4 is 11.3 Å². The zero-order valence-electron chi connectivity index (χ0n) is 14.0. The number of aromatic nitrogens is 1. The van der Waals surface area contributed by atoms with E-state index in [1.165, 1.54) is 49.9 Å². The van der Waals surface area contributed by atoms with Crippen molar-refractivity contribution in [2.75, 3.05) is 19.7 Å². The normalized spacial score (nSPS) is 16.2. The van der Waals surface area contributed by atoms with Gasteiger partial charge in [-0.2, -0.15) is 0 Å². The van der Waals surface area contributed by atoms with Crippen LogP contribution in [0.2, 0.25) is 0 Å². The molecule has 3 nitrogen and oxygen atoms in total. The predicted octanol–water partition coefficient (Wildman–Crippen LogP) is 4.45. The zero-order chi connectivity index (χ0) is 16.5. The molecule has 0 saturated heterocycles. The van der Waals surface area contributed by atoms with Gasteiger partial charge >= 0.3 is 0 Å². The molecule has 23 heavy (non-hydrogen) atoms. The third-order valence-corrected chi connectivity index (χ3v) is 5.48. The quantitative estimate of drug-likeness (QED) is 0.636. The van der Waals surface area contributed by atoms with Crippen LogP contribution in [0.25, 0.3) is 0 Å². The Labute approximate surface area is 141 Å². The van der Waals surface area contributed by atoms with Crippen LogP contribution in [0.15, 0.2) is 0 Å². The van der Waals surface area contributed by atoms with Crippen molar-refractivity contribution in [2.24, 2.45) is 5.92 Å². The molecule has 0 radical (unpaired) electrons. The van der Waals surface area contributed by atoms with E-state index >= 15 is 0 Å². The lowest BCUT2D eigenvalue weighted by Crippen LogP contribution is -2.21. The van der Waals surface area contributed by atoms with Gasteiger partial charge in [0.25, 0.3) is 11.6 Å². The number of rotatable bonds is 10. The van der Waals surface area contributed by atoms with Crippen molar-refractivity contribution < 1.29 is 13.5 Å². The Bertz CT molecular complexity index is 448. The summed E-state index contributed by atoms with van der Waals surface area (Å²) in [6.45, 7) is 3.44. The van der Waals surface area contributed by atoms with E-state index in [0.717, 1.165) is 42.4 Å². The number of halogens is 2. The summed E-state index contributed by atoms with van der Waals surface area (Å²) in [6.07, 6.45) is 7.50. The maximum absolute atomic E-state index is 12.2. The van der Waals surface area contributed by atoms with Gasteiger partial charge in [0, 0.05) is 11.4 Å². The zero-order valence-corrected chi connectivity index (χ0v) is 14.8. The second-order valence-electron chi connectivity index (χ2n) is 6.20. The molecule has 0 spiro atoms. The summed E-state index contributed by atoms with van der Waals surface area (Å²) in [7, 11) is 0. The molecule has 1 aliphatic rings. The molecule has 0 aromatic carbocycles. The Hall–Kier alpha value is -0.750. The molecular weight excluding hydrogens is 318 g/mol. The van der Waals surface area contributed by atoms with Gasteiger partial charge in [-0.25, -0.2) is 13.8 Å². The van der Waals surface area contributed by atoms with E-state index in [0.29, 0.717) is 5.19 Å². The summed E-state index contributed by atoms with van der Waals surface area (Å²) < 4.78 is 29.4. The molecule has 1 aromatic heterocycles. The van der Waals surface area contributed by atoms with Gasteiger partial charge in [0.2, 0.25) is 0 Å². The van der Waals surface area contributed by atoms with Gasteiger partial charge < -0.3 is 10.1 Å². The fraction of sp³-hybridized carbons (Fsp3) is 0.824. The maximum atomic E-state index is 12.2. The molecule has 1 N–H and O–H groups in total. The predicted molar refractivity (Wildman–Crippen MR) is 90.8 cm³/mol. The maximum Gasteiger partial charge on any atom is 0.273 e. The van der Waals surface area contributed by atoms with E-state index in [-0.39, 0.29) is 0 Å². The van der Waals surface area contributed by atoms with Gasteiger partial charge in [0.15, 0.2) is 6.61 Å². The molecular formula is C17H28F2N2OS. The van der Waals surface area contributed by atoms with E-state index < -0.39 is 13.0 Å². The first-order chi connectivity index (χ1) is 11.2. The molecule has 0 unspecified atom stereocenters. The van der Waals surface area contributed by atoms with Gasteiger partial charge in [-0.15, -0.1) is 0 Å². The second-order valence-corrected chi connectivity index (χ2v) is 7.24. The first-order valence-corrected chi connectivity index (χ1v) is 9.61. The molecule has 0 amide bonds. The highest BCUT2D eigenvalue weighted by atomic mass is 32.1. The Balaban J connectivity index is 1.67. The highest BCUT2D eigenvalue weighted by Crippen LogP contribution is 2.27. The number of ether oxygens (including phenoxy) is 1. The fourth-order valence-corrected chi connectivity index (χ4v) is 4.14. The minimum Gasteiger partial charge on any atom is -0.464 e. The smallest absolute Gasteiger partial charge is 0.273 e. The van der Waals surface area contributed by atoms with Gasteiger partial charge in [0.1, 0.15) is 0 Å². The van der Waals surface area contributed by atoms with Crippen molar-refractivity contribution in [3.63, 3.8) is 0 Å². The lowest BCUT2D eigenvalue weighted by atomic mass is 9.87. The second kappa shape index (κ2) is 10.2. The van der Waals surface area contributed by atoms with Crippen LogP contribution in [0.5, 0.6) is 5.19 Å². The number of hydrogen-bond acceptors (Lipinski definition) is 4. The van der Waals surface area contributed by atoms with E-state index in [1.54, 1.807) is 0 Å².